The summed E-state index contributed by atoms with van der Waals surface area (Å²) >= 11 is 0. The van der Waals surface area contributed by atoms with Crippen molar-refractivity contribution < 1.29 is 49.3 Å². The number of ether oxygens (including phenoxy) is 3. The molecule has 3 aromatic rings. The van der Waals surface area contributed by atoms with Crippen LogP contribution in [0.1, 0.15) is 6.92 Å². The molecule has 1 aromatic heterocycles. The van der Waals surface area contributed by atoms with Crippen LogP contribution in [-0.4, -0.2) is 68.5 Å². The molecule has 4 rings (SSSR count). The number of hydrogen-bond donors (Lipinski definition) is 6. The van der Waals surface area contributed by atoms with Crippen LogP contribution in [0, 0.1) is 0 Å². The van der Waals surface area contributed by atoms with Gasteiger partial charge >= 0.3 is 0 Å². The van der Waals surface area contributed by atoms with Crippen molar-refractivity contribution in [3.05, 3.63) is 40.6 Å². The highest BCUT2D eigenvalue weighted by molar-refractivity contribution is 5.88. The molecule has 33 heavy (non-hydrogen) atoms. The zero-order chi connectivity index (χ0) is 24.0. The van der Waals surface area contributed by atoms with Gasteiger partial charge in [-0.25, -0.2) is 0 Å². The third-order valence-corrected chi connectivity index (χ3v) is 5.40. The van der Waals surface area contributed by atoms with Gasteiger partial charge in [0, 0.05) is 17.7 Å². The van der Waals surface area contributed by atoms with Crippen molar-refractivity contribution in [1.82, 2.24) is 0 Å². The van der Waals surface area contributed by atoms with E-state index in [1.165, 1.54) is 32.2 Å². The zero-order valence-electron chi connectivity index (χ0n) is 17.5. The number of benzene rings is 2. The van der Waals surface area contributed by atoms with Gasteiger partial charge in [-0.2, -0.15) is 0 Å². The minimum Gasteiger partial charge on any atom is -0.508 e. The molecule has 2 aromatic carbocycles. The van der Waals surface area contributed by atoms with Crippen LogP contribution in [0.25, 0.3) is 22.3 Å². The summed E-state index contributed by atoms with van der Waals surface area (Å²) in [5.41, 5.74) is -0.892. The van der Waals surface area contributed by atoms with E-state index in [4.69, 9.17) is 18.6 Å². The van der Waals surface area contributed by atoms with E-state index in [-0.39, 0.29) is 39.5 Å². The lowest BCUT2D eigenvalue weighted by Crippen LogP contribution is -2.58. The fraction of sp³-hybridized carbons (Fsp3) is 0.318. The van der Waals surface area contributed by atoms with Gasteiger partial charge in [0.05, 0.1) is 13.2 Å². The molecule has 1 fully saturated rings. The number of aliphatic hydroxyl groups is 3. The van der Waals surface area contributed by atoms with Crippen LogP contribution < -0.4 is 14.9 Å². The Morgan fingerprint density at radius 1 is 0.939 bits per heavy atom. The molecule has 0 bridgehead atoms. The van der Waals surface area contributed by atoms with Crippen LogP contribution in [-0.2, 0) is 4.74 Å². The molecule has 11 nitrogen and oxygen atoms in total. The Hall–Kier alpha value is -3.51. The maximum atomic E-state index is 13.3. The number of rotatable bonds is 4. The summed E-state index contributed by atoms with van der Waals surface area (Å²) in [7, 11) is 1.35. The first-order valence-electron chi connectivity index (χ1n) is 9.88. The first-order valence-corrected chi connectivity index (χ1v) is 9.88. The van der Waals surface area contributed by atoms with Crippen molar-refractivity contribution in [3.63, 3.8) is 0 Å². The lowest BCUT2D eigenvalue weighted by molar-refractivity contribution is -0.268. The summed E-state index contributed by atoms with van der Waals surface area (Å²) in [6.45, 7) is 1.44. The molecule has 0 radical (unpaired) electrons. The zero-order valence-corrected chi connectivity index (χ0v) is 17.5. The summed E-state index contributed by atoms with van der Waals surface area (Å²) < 4.78 is 21.8. The summed E-state index contributed by atoms with van der Waals surface area (Å²) in [4.78, 5) is 13.3. The first kappa shape index (κ1) is 22.7. The Labute approximate surface area is 186 Å². The van der Waals surface area contributed by atoms with Gasteiger partial charge in [-0.1, -0.05) is 0 Å². The van der Waals surface area contributed by atoms with E-state index in [0.717, 1.165) is 12.1 Å². The quantitative estimate of drug-likeness (QED) is 0.323. The summed E-state index contributed by atoms with van der Waals surface area (Å²) in [6, 6.07) is 6.15. The van der Waals surface area contributed by atoms with E-state index in [0.29, 0.717) is 0 Å². The summed E-state index contributed by atoms with van der Waals surface area (Å²) in [6.07, 6.45) is -7.26. The molecule has 176 valence electrons. The van der Waals surface area contributed by atoms with Crippen molar-refractivity contribution in [3.8, 4) is 40.1 Å². The normalized spacial score (nSPS) is 25.2. The molecule has 1 aliphatic heterocycles. The number of fused-ring (bicyclic) bond motifs is 1. The van der Waals surface area contributed by atoms with Crippen molar-refractivity contribution >= 4 is 11.0 Å². The van der Waals surface area contributed by atoms with Gasteiger partial charge in [-0.15, -0.1) is 0 Å². The topological polar surface area (TPSA) is 179 Å². The molecular formula is C22H22O11. The second-order valence-corrected chi connectivity index (χ2v) is 7.61. The molecule has 0 saturated carbocycles. The lowest BCUT2D eigenvalue weighted by Gasteiger charge is -2.38. The van der Waals surface area contributed by atoms with Crippen LogP contribution in [0.15, 0.2) is 39.5 Å². The van der Waals surface area contributed by atoms with Crippen LogP contribution in [0.2, 0.25) is 0 Å². The number of phenolic OH excluding ortho intramolecular Hbond substituents is 3. The molecule has 0 aliphatic carbocycles. The van der Waals surface area contributed by atoms with Gasteiger partial charge < -0.3 is 49.3 Å². The molecule has 0 unspecified atom stereocenters. The van der Waals surface area contributed by atoms with Crippen LogP contribution in [0.4, 0.5) is 0 Å². The largest absolute Gasteiger partial charge is 0.508 e. The van der Waals surface area contributed by atoms with Crippen LogP contribution >= 0.6 is 0 Å². The Balaban J connectivity index is 1.91. The predicted octanol–water partition coefficient (Wildman–Crippen LogP) is 0.792. The fourth-order valence-electron chi connectivity index (χ4n) is 3.62. The third kappa shape index (κ3) is 3.91. The molecule has 5 atom stereocenters. The second-order valence-electron chi connectivity index (χ2n) is 7.61. The van der Waals surface area contributed by atoms with Gasteiger partial charge in [-0.05, 0) is 25.1 Å². The molecule has 1 aliphatic rings. The van der Waals surface area contributed by atoms with Crippen LogP contribution in [0.3, 0.4) is 0 Å². The smallest absolute Gasteiger partial charge is 0.239 e. The minimum atomic E-state index is -1.73. The Morgan fingerprint density at radius 3 is 2.33 bits per heavy atom. The SMILES string of the molecule is COc1ccc(-c2oc3cc(O)cc(O)c3c(=O)c2O[C@H]2O[C@@H](C)[C@H](O)[C@@H](O)[C@H]2O)cc1O. The van der Waals surface area contributed by atoms with Crippen molar-refractivity contribution in [2.75, 3.05) is 7.11 Å². The van der Waals surface area contributed by atoms with Crippen molar-refractivity contribution in [2.45, 2.75) is 37.6 Å². The Morgan fingerprint density at radius 2 is 1.67 bits per heavy atom. The van der Waals surface area contributed by atoms with Gasteiger partial charge in [0.25, 0.3) is 0 Å². The van der Waals surface area contributed by atoms with E-state index in [2.05, 4.69) is 0 Å². The third-order valence-electron chi connectivity index (χ3n) is 5.40. The molecule has 0 spiro atoms. The second kappa shape index (κ2) is 8.45. The molecule has 1 saturated heterocycles. The van der Waals surface area contributed by atoms with E-state index < -0.39 is 47.6 Å². The molecule has 6 N–H and O–H groups in total. The molecule has 2 heterocycles. The van der Waals surface area contributed by atoms with Crippen molar-refractivity contribution in [2.24, 2.45) is 0 Å². The van der Waals surface area contributed by atoms with Crippen LogP contribution in [0.5, 0.6) is 28.7 Å². The van der Waals surface area contributed by atoms with E-state index in [1.807, 2.05) is 0 Å². The van der Waals surface area contributed by atoms with E-state index >= 15 is 0 Å². The summed E-state index contributed by atoms with van der Waals surface area (Å²) in [5, 5.41) is 60.2. The number of aliphatic hydroxyl groups excluding tert-OH is 3. The van der Waals surface area contributed by atoms with Crippen molar-refractivity contribution in [1.29, 1.82) is 0 Å². The monoisotopic (exact) mass is 462 g/mol. The number of aromatic hydroxyl groups is 3. The van der Waals surface area contributed by atoms with Gasteiger partial charge in [0.2, 0.25) is 17.5 Å². The van der Waals surface area contributed by atoms with E-state index in [9.17, 15) is 35.4 Å². The molecular weight excluding hydrogens is 440 g/mol. The number of phenols is 3. The Bertz CT molecular complexity index is 1250. The first-order chi connectivity index (χ1) is 15.6. The fourth-order valence-corrected chi connectivity index (χ4v) is 3.62. The summed E-state index contributed by atoms with van der Waals surface area (Å²) in [5.74, 6) is -1.80. The van der Waals surface area contributed by atoms with Gasteiger partial charge in [0.15, 0.2) is 17.3 Å². The number of hydrogen-bond acceptors (Lipinski definition) is 11. The predicted molar refractivity (Wildman–Crippen MR) is 112 cm³/mol. The minimum absolute atomic E-state index is 0.150. The maximum Gasteiger partial charge on any atom is 0.239 e. The highest BCUT2D eigenvalue weighted by Crippen LogP contribution is 2.39. The maximum absolute atomic E-state index is 13.3. The highest BCUT2D eigenvalue weighted by atomic mass is 16.7. The van der Waals surface area contributed by atoms with Gasteiger partial charge in [0.1, 0.15) is 40.8 Å². The molecule has 0 amide bonds. The average Bonchev–Trinajstić information content (AvgIpc) is 2.76. The number of methoxy groups -OCH3 is 1. The Kier molecular flexibility index (Phi) is 5.80. The molecule has 11 heteroatoms. The lowest BCUT2D eigenvalue weighted by atomic mass is 10.00. The van der Waals surface area contributed by atoms with Gasteiger partial charge in [-0.3, -0.25) is 4.79 Å². The van der Waals surface area contributed by atoms with E-state index in [1.54, 1.807) is 0 Å². The highest BCUT2D eigenvalue weighted by Gasteiger charge is 2.44. The standard InChI is InChI=1S/C22H22O11/c1-8-16(26)18(28)19(29)22(31-8)33-21-17(27)15-12(25)6-10(23)7-14(15)32-20(21)9-3-4-13(30-2)11(24)5-9/h3-8,16,18-19,22-26,28-29H,1-2H3/t8-,16-,18+,19+,22+/m0/s1. The average molecular weight is 462 g/mol.